The second kappa shape index (κ2) is 4.24. The van der Waals surface area contributed by atoms with E-state index >= 15 is 0 Å². The fourth-order valence-electron chi connectivity index (χ4n) is 1.04. The highest BCUT2D eigenvalue weighted by molar-refractivity contribution is 5.50. The molecule has 1 rings (SSSR count). The first kappa shape index (κ1) is 10.7. The second-order valence-corrected chi connectivity index (χ2v) is 3.43. The van der Waals surface area contributed by atoms with Gasteiger partial charge in [-0.25, -0.2) is 10.2 Å². The van der Waals surface area contributed by atoms with Gasteiger partial charge in [-0.05, 0) is 45.0 Å². The van der Waals surface area contributed by atoms with E-state index in [4.69, 9.17) is 5.84 Å². The number of anilines is 1. The first-order chi connectivity index (χ1) is 6.52. The van der Waals surface area contributed by atoms with Crippen molar-refractivity contribution in [3.05, 3.63) is 41.4 Å². The average Bonchev–Trinajstić information content (AvgIpc) is 2.16. The maximum atomic E-state index is 12.6. The predicted molar refractivity (Wildman–Crippen MR) is 57.1 cm³/mol. The fraction of sp³-hybridized carbons (Fsp3) is 0.273. The summed E-state index contributed by atoms with van der Waals surface area (Å²) in [5, 5.41) is 1.55. The Balaban J connectivity index is 2.96. The number of nitrogens with zero attached hydrogens (tertiary/aromatic N) is 1. The third-order valence-corrected chi connectivity index (χ3v) is 2.19. The van der Waals surface area contributed by atoms with Gasteiger partial charge in [-0.3, -0.25) is 5.01 Å². The zero-order valence-corrected chi connectivity index (χ0v) is 8.71. The quantitative estimate of drug-likeness (QED) is 0.579. The van der Waals surface area contributed by atoms with Gasteiger partial charge in [-0.2, -0.15) is 0 Å². The first-order valence-electron chi connectivity index (χ1n) is 4.47. The molecule has 0 atom stereocenters. The highest BCUT2D eigenvalue weighted by Crippen LogP contribution is 2.17. The van der Waals surface area contributed by atoms with Crippen molar-refractivity contribution in [3.8, 4) is 0 Å². The molecule has 76 valence electrons. The summed E-state index contributed by atoms with van der Waals surface area (Å²) < 4.78 is 12.6. The van der Waals surface area contributed by atoms with Gasteiger partial charge in [0.25, 0.3) is 0 Å². The van der Waals surface area contributed by atoms with Gasteiger partial charge in [0.05, 0.1) is 5.69 Å². The molecule has 0 aliphatic rings. The van der Waals surface area contributed by atoms with Gasteiger partial charge in [0, 0.05) is 5.70 Å². The van der Waals surface area contributed by atoms with Gasteiger partial charge < -0.3 is 0 Å². The molecule has 0 saturated heterocycles. The van der Waals surface area contributed by atoms with Crippen LogP contribution in [0.5, 0.6) is 0 Å². The molecule has 0 saturated carbocycles. The number of benzene rings is 1. The molecule has 0 aliphatic carbocycles. The molecule has 0 spiro atoms. The minimum atomic E-state index is -0.253. The van der Waals surface area contributed by atoms with E-state index in [0.29, 0.717) is 0 Å². The zero-order valence-electron chi connectivity index (χ0n) is 8.71. The highest BCUT2D eigenvalue weighted by Gasteiger charge is 2.04. The van der Waals surface area contributed by atoms with Crippen LogP contribution in [0.2, 0.25) is 0 Å². The van der Waals surface area contributed by atoms with E-state index in [1.165, 1.54) is 12.1 Å². The van der Waals surface area contributed by atoms with Crippen LogP contribution in [0.1, 0.15) is 20.8 Å². The molecule has 0 aromatic heterocycles. The van der Waals surface area contributed by atoms with Crippen molar-refractivity contribution in [2.75, 3.05) is 5.01 Å². The SMILES string of the molecule is CC(C)=C(C)N(N)c1ccc(F)cc1. The summed E-state index contributed by atoms with van der Waals surface area (Å²) in [5.74, 6) is 5.59. The number of rotatable bonds is 2. The van der Waals surface area contributed by atoms with Gasteiger partial charge in [0.1, 0.15) is 5.82 Å². The number of hydrazine groups is 1. The molecule has 1 aromatic carbocycles. The molecule has 0 unspecified atom stereocenters. The lowest BCUT2D eigenvalue weighted by Crippen LogP contribution is -2.29. The van der Waals surface area contributed by atoms with Gasteiger partial charge >= 0.3 is 0 Å². The van der Waals surface area contributed by atoms with Crippen LogP contribution in [0.15, 0.2) is 35.5 Å². The Morgan fingerprint density at radius 1 is 1.14 bits per heavy atom. The third kappa shape index (κ3) is 2.33. The largest absolute Gasteiger partial charge is 0.284 e. The molecule has 0 heterocycles. The highest BCUT2D eigenvalue weighted by atomic mass is 19.1. The molecule has 0 fully saturated rings. The molecule has 1 aromatic rings. The minimum Gasteiger partial charge on any atom is -0.284 e. The van der Waals surface area contributed by atoms with Crippen molar-refractivity contribution in [2.45, 2.75) is 20.8 Å². The molecule has 2 nitrogen and oxygen atoms in total. The van der Waals surface area contributed by atoms with E-state index in [1.807, 2.05) is 20.8 Å². The van der Waals surface area contributed by atoms with Crippen molar-refractivity contribution in [3.63, 3.8) is 0 Å². The molecule has 0 bridgehead atoms. The number of nitrogens with two attached hydrogens (primary N) is 1. The van der Waals surface area contributed by atoms with Gasteiger partial charge in [0.2, 0.25) is 0 Å². The Kier molecular flexibility index (Phi) is 3.25. The lowest BCUT2D eigenvalue weighted by Gasteiger charge is -2.20. The smallest absolute Gasteiger partial charge is 0.123 e. The summed E-state index contributed by atoms with van der Waals surface area (Å²) in [6.07, 6.45) is 0. The third-order valence-electron chi connectivity index (χ3n) is 2.19. The Bertz CT molecular complexity index is 337. The van der Waals surface area contributed by atoms with E-state index in [-0.39, 0.29) is 5.82 Å². The fourth-order valence-corrected chi connectivity index (χ4v) is 1.04. The lowest BCUT2D eigenvalue weighted by atomic mass is 10.2. The average molecular weight is 194 g/mol. The van der Waals surface area contributed by atoms with Crippen molar-refractivity contribution in [2.24, 2.45) is 5.84 Å². The number of allylic oxidation sites excluding steroid dienone is 2. The van der Waals surface area contributed by atoms with E-state index < -0.39 is 0 Å². The number of hydrogen-bond acceptors (Lipinski definition) is 2. The molecule has 0 aliphatic heterocycles. The second-order valence-electron chi connectivity index (χ2n) is 3.43. The van der Waals surface area contributed by atoms with Crippen LogP contribution in [0.3, 0.4) is 0 Å². The monoisotopic (exact) mass is 194 g/mol. The van der Waals surface area contributed by atoms with Gasteiger partial charge in [-0.15, -0.1) is 0 Å². The lowest BCUT2D eigenvalue weighted by molar-refractivity contribution is 0.627. The van der Waals surface area contributed by atoms with Crippen molar-refractivity contribution in [1.82, 2.24) is 0 Å². The van der Waals surface area contributed by atoms with Gasteiger partial charge in [-0.1, -0.05) is 5.57 Å². The summed E-state index contributed by atoms with van der Waals surface area (Å²) in [4.78, 5) is 0. The molecule has 0 amide bonds. The van der Waals surface area contributed by atoms with Crippen LogP contribution in [0.4, 0.5) is 10.1 Å². The Morgan fingerprint density at radius 2 is 1.64 bits per heavy atom. The Hall–Kier alpha value is -1.35. The maximum Gasteiger partial charge on any atom is 0.123 e. The standard InChI is InChI=1S/C11H15FN2/c1-8(2)9(3)14(13)11-6-4-10(12)5-7-11/h4-7H,13H2,1-3H3. The van der Waals surface area contributed by atoms with Crippen LogP contribution < -0.4 is 10.9 Å². The molecule has 14 heavy (non-hydrogen) atoms. The topological polar surface area (TPSA) is 29.3 Å². The van der Waals surface area contributed by atoms with Crippen LogP contribution in [-0.4, -0.2) is 0 Å². The van der Waals surface area contributed by atoms with Crippen LogP contribution in [-0.2, 0) is 0 Å². The number of halogens is 1. The minimum absolute atomic E-state index is 0.253. The summed E-state index contributed by atoms with van der Waals surface area (Å²) in [5.41, 5.74) is 2.89. The van der Waals surface area contributed by atoms with E-state index in [2.05, 4.69) is 0 Å². The normalized spacial score (nSPS) is 9.79. The molecular formula is C11H15FN2. The van der Waals surface area contributed by atoms with Crippen LogP contribution >= 0.6 is 0 Å². The van der Waals surface area contributed by atoms with Crippen LogP contribution in [0, 0.1) is 5.82 Å². The van der Waals surface area contributed by atoms with Crippen molar-refractivity contribution in [1.29, 1.82) is 0 Å². The predicted octanol–water partition coefficient (Wildman–Crippen LogP) is 2.82. The van der Waals surface area contributed by atoms with E-state index in [9.17, 15) is 4.39 Å². The Labute approximate surface area is 83.8 Å². The zero-order chi connectivity index (χ0) is 10.7. The van der Waals surface area contributed by atoms with E-state index in [0.717, 1.165) is 17.0 Å². The molecule has 3 heteroatoms. The number of hydrogen-bond donors (Lipinski definition) is 1. The van der Waals surface area contributed by atoms with Crippen molar-refractivity contribution < 1.29 is 4.39 Å². The summed E-state index contributed by atoms with van der Waals surface area (Å²) in [6.45, 7) is 5.90. The molecule has 2 N–H and O–H groups in total. The molecule has 0 radical (unpaired) electrons. The van der Waals surface area contributed by atoms with Gasteiger partial charge in [0.15, 0.2) is 0 Å². The summed E-state index contributed by atoms with van der Waals surface area (Å²) in [6, 6.07) is 6.10. The van der Waals surface area contributed by atoms with Crippen molar-refractivity contribution >= 4 is 5.69 Å². The summed E-state index contributed by atoms with van der Waals surface area (Å²) >= 11 is 0. The maximum absolute atomic E-state index is 12.6. The molecular weight excluding hydrogens is 179 g/mol. The first-order valence-corrected chi connectivity index (χ1v) is 4.47. The van der Waals surface area contributed by atoms with Crippen LogP contribution in [0.25, 0.3) is 0 Å². The summed E-state index contributed by atoms with van der Waals surface area (Å²) in [7, 11) is 0. The van der Waals surface area contributed by atoms with E-state index in [1.54, 1.807) is 17.1 Å². The Morgan fingerprint density at radius 3 is 2.07 bits per heavy atom.